The first-order valence-corrected chi connectivity index (χ1v) is 31.6. The third-order valence-corrected chi connectivity index (χ3v) is 17.1. The number of nitrogens with one attached hydrogen (secondary N) is 1. The van der Waals surface area contributed by atoms with Crippen LogP contribution in [0.5, 0.6) is 28.7 Å². The molecule has 0 aliphatic rings. The molecule has 10 aromatic rings. The van der Waals surface area contributed by atoms with Crippen molar-refractivity contribution in [3.05, 3.63) is 150 Å². The Kier molecular flexibility index (Phi) is 16.7. The number of anilines is 2. The first kappa shape index (κ1) is 62.1. The van der Waals surface area contributed by atoms with Crippen LogP contribution in [0.3, 0.4) is 0 Å². The van der Waals surface area contributed by atoms with E-state index in [9.17, 15) is 72.3 Å². The van der Waals surface area contributed by atoms with E-state index in [1.165, 1.54) is 74.7 Å². The second kappa shape index (κ2) is 24.0. The number of methoxy groups -OCH3 is 1. The van der Waals surface area contributed by atoms with Crippen molar-refractivity contribution in [3.63, 3.8) is 0 Å². The molecule has 0 aromatic heterocycles. The molecule has 456 valence electrons. The largest absolute Gasteiger partial charge is 0.507 e. The molecule has 10 aromatic carbocycles. The van der Waals surface area contributed by atoms with Crippen LogP contribution in [0.15, 0.2) is 194 Å². The normalized spacial score (nSPS) is 12.7. The quantitative estimate of drug-likeness (QED) is 0.0284. The fourth-order valence-electron chi connectivity index (χ4n) is 9.42. The predicted octanol–water partition coefficient (Wildman–Crippen LogP) is 14.1. The summed E-state index contributed by atoms with van der Waals surface area (Å²) in [7, 11) is -18.9. The van der Waals surface area contributed by atoms with Gasteiger partial charge in [0, 0.05) is 45.7 Å². The van der Waals surface area contributed by atoms with Gasteiger partial charge in [-0.3, -0.25) is 18.2 Å². The van der Waals surface area contributed by atoms with E-state index in [2.05, 4.69) is 46.2 Å². The summed E-state index contributed by atoms with van der Waals surface area (Å²) in [6.07, 6.45) is 0. The summed E-state index contributed by atoms with van der Waals surface area (Å²) >= 11 is 0. The minimum absolute atomic E-state index is 0.0280. The molecular weight excluding hydrogens is 1240 g/mol. The number of nitrogens with zero attached hydrogens (tertiary/aromatic N) is 8. The lowest BCUT2D eigenvalue weighted by atomic mass is 10.1. The summed E-state index contributed by atoms with van der Waals surface area (Å²) in [5, 5.41) is 81.7. The van der Waals surface area contributed by atoms with Gasteiger partial charge in [0.1, 0.15) is 56.4 Å². The number of aryl methyl sites for hydroxylation is 3. The number of rotatable bonds is 18. The minimum Gasteiger partial charge on any atom is -0.507 e. The monoisotopic (exact) mass is 1290 g/mol. The molecule has 0 saturated carbocycles. The van der Waals surface area contributed by atoms with E-state index in [1.54, 1.807) is 6.92 Å². The van der Waals surface area contributed by atoms with Gasteiger partial charge in [0.2, 0.25) is 0 Å². The number of hydrogen-bond donors (Lipinski definition) is 9. The molecule has 89 heavy (non-hydrogen) atoms. The number of phenols is 3. The third-order valence-electron chi connectivity index (χ3n) is 13.7. The summed E-state index contributed by atoms with van der Waals surface area (Å²) in [6, 6.07) is 31.2. The molecule has 0 atom stereocenters. The molecule has 0 spiro atoms. The van der Waals surface area contributed by atoms with E-state index in [0.29, 0.717) is 23.0 Å². The van der Waals surface area contributed by atoms with Crippen molar-refractivity contribution in [2.24, 2.45) is 40.9 Å². The fourth-order valence-corrected chi connectivity index (χ4v) is 11.8. The molecule has 0 heterocycles. The number of fused-ring (bicyclic) bond motifs is 4. The van der Waals surface area contributed by atoms with Gasteiger partial charge in [0.15, 0.2) is 11.5 Å². The molecule has 10 rings (SSSR count). The molecule has 0 amide bonds. The second-order valence-electron chi connectivity index (χ2n) is 19.8. The van der Waals surface area contributed by atoms with Crippen molar-refractivity contribution >= 4 is 140 Å². The SMILES string of the molecule is COc1cc(N=Nc2cc(S(=O)(=O)O)cc3cc(S(=O)(=O)O)cc(O)c23)c(C)cc1N=Nc1c(S(=O)(=O)O)cc2cc(Nc3ccc4c(O)c(N=Nc5cc(C)c(N=Nc6cccc7ccc(C)cc67)cc5OCCO)c(S(=O)(=O)O)cc4c3)ccc2c1O. The molecule has 0 radical (unpaired) electrons. The summed E-state index contributed by atoms with van der Waals surface area (Å²) in [5.74, 6) is -2.16. The average molecular weight is 1290 g/mol. The lowest BCUT2D eigenvalue weighted by Gasteiger charge is -2.13. The van der Waals surface area contributed by atoms with Crippen LogP contribution in [0.4, 0.5) is 56.9 Å². The molecule has 0 aliphatic heterocycles. The van der Waals surface area contributed by atoms with Crippen LogP contribution in [0, 0.1) is 20.8 Å². The fraction of sp³-hybridized carbons (Fsp3) is 0.103. The van der Waals surface area contributed by atoms with E-state index in [0.717, 1.165) is 46.7 Å². The summed E-state index contributed by atoms with van der Waals surface area (Å²) in [5.41, 5.74) is 1.73. The van der Waals surface area contributed by atoms with Crippen molar-refractivity contribution in [1.82, 2.24) is 0 Å². The Bertz CT molecular complexity index is 5240. The zero-order chi connectivity index (χ0) is 64.1. The lowest BCUT2D eigenvalue weighted by Crippen LogP contribution is -2.02. The Hall–Kier alpha value is -9.96. The van der Waals surface area contributed by atoms with E-state index >= 15 is 0 Å². The number of aromatic hydroxyl groups is 3. The number of aliphatic hydroxyl groups is 1. The number of benzene rings is 10. The maximum atomic E-state index is 12.9. The van der Waals surface area contributed by atoms with Gasteiger partial charge in [-0.1, -0.05) is 29.8 Å². The topological polar surface area (TPSA) is 428 Å². The summed E-state index contributed by atoms with van der Waals surface area (Å²) in [6.45, 7) is 4.64. The van der Waals surface area contributed by atoms with Crippen molar-refractivity contribution in [2.75, 3.05) is 25.6 Å². The van der Waals surface area contributed by atoms with Crippen molar-refractivity contribution in [2.45, 2.75) is 40.4 Å². The molecule has 27 nitrogen and oxygen atoms in total. The van der Waals surface area contributed by atoms with Gasteiger partial charge in [-0.2, -0.15) is 43.9 Å². The Balaban J connectivity index is 0.929. The molecule has 0 bridgehead atoms. The van der Waals surface area contributed by atoms with Crippen LogP contribution in [-0.4, -0.2) is 92.6 Å². The molecule has 0 unspecified atom stereocenters. The molecular formula is C58H47N9O18S4. The van der Waals surface area contributed by atoms with E-state index in [1.807, 2.05) is 43.3 Å². The lowest BCUT2D eigenvalue weighted by molar-refractivity contribution is 0.202. The summed E-state index contributed by atoms with van der Waals surface area (Å²) < 4.78 is 151. The first-order chi connectivity index (χ1) is 42.0. The Labute approximate surface area is 505 Å². The van der Waals surface area contributed by atoms with Crippen LogP contribution in [0.2, 0.25) is 0 Å². The summed E-state index contributed by atoms with van der Waals surface area (Å²) in [4.78, 5) is -3.25. The molecule has 0 saturated heterocycles. The van der Waals surface area contributed by atoms with Gasteiger partial charge in [0.05, 0.1) is 51.6 Å². The van der Waals surface area contributed by atoms with Gasteiger partial charge in [-0.25, -0.2) is 0 Å². The van der Waals surface area contributed by atoms with Gasteiger partial charge in [0.25, 0.3) is 40.5 Å². The maximum absolute atomic E-state index is 12.9. The maximum Gasteiger partial charge on any atom is 0.296 e. The van der Waals surface area contributed by atoms with E-state index in [-0.39, 0.29) is 96.7 Å². The van der Waals surface area contributed by atoms with Crippen LogP contribution < -0.4 is 14.8 Å². The average Bonchev–Trinajstić information content (AvgIpc) is 1.05. The first-order valence-electron chi connectivity index (χ1n) is 25.8. The van der Waals surface area contributed by atoms with Crippen molar-refractivity contribution in [1.29, 1.82) is 0 Å². The molecule has 9 N–H and O–H groups in total. The van der Waals surface area contributed by atoms with Crippen LogP contribution in [0.1, 0.15) is 16.7 Å². The number of azo groups is 4. The predicted molar refractivity (Wildman–Crippen MR) is 326 cm³/mol. The molecule has 31 heteroatoms. The highest BCUT2D eigenvalue weighted by molar-refractivity contribution is 7.86. The number of hydrogen-bond acceptors (Lipinski definition) is 23. The van der Waals surface area contributed by atoms with Crippen LogP contribution >= 0.6 is 0 Å². The van der Waals surface area contributed by atoms with Gasteiger partial charge in [-0.05, 0) is 144 Å². The molecule has 0 fully saturated rings. The smallest absolute Gasteiger partial charge is 0.296 e. The third kappa shape index (κ3) is 13.2. The van der Waals surface area contributed by atoms with Crippen LogP contribution in [-0.2, 0) is 40.5 Å². The van der Waals surface area contributed by atoms with Gasteiger partial charge < -0.3 is 35.2 Å². The van der Waals surface area contributed by atoms with Crippen molar-refractivity contribution in [3.8, 4) is 28.7 Å². The van der Waals surface area contributed by atoms with E-state index < -0.39 is 88.7 Å². The number of ether oxygens (including phenoxy) is 2. The number of phenolic OH excluding ortho intramolecular Hbond substituents is 3. The highest BCUT2D eigenvalue weighted by Gasteiger charge is 2.26. The highest BCUT2D eigenvalue weighted by atomic mass is 32.2. The molecule has 0 aliphatic carbocycles. The standard InChI is InChI=1S/C58H47N9O18S4/c1-29-8-9-32-6-5-7-43(42(32)16-29)60-61-45-28-51(85-15-14-68)47(18-31(45)3)64-67-56-53(89(81,82)83)24-34-20-37(11-13-41(34)58(56)71)59-36-10-12-40-33(19-36)23-52(88(78,79)80)55(57(40)70)66-63-46-17-30(2)44(27-50(46)84-4)62-65-48-25-38(86(72,73)74)21-35-22-39(87(75,76)77)26-49(69)54(35)48/h5-13,16-28,59,68-71H,14-15H2,1-4H3,(H,72,73,74)(H,75,76,77)(H,78,79,80)(H,81,82,83). The Morgan fingerprint density at radius 1 is 0.438 bits per heavy atom. The Morgan fingerprint density at radius 2 is 0.933 bits per heavy atom. The zero-order valence-corrected chi connectivity index (χ0v) is 49.8. The van der Waals surface area contributed by atoms with Gasteiger partial charge >= 0.3 is 0 Å². The van der Waals surface area contributed by atoms with E-state index in [4.69, 9.17) is 9.47 Å². The van der Waals surface area contributed by atoms with Gasteiger partial charge in [-0.15, -0.1) is 30.7 Å². The van der Waals surface area contributed by atoms with Crippen molar-refractivity contribution < 1.29 is 81.8 Å². The zero-order valence-electron chi connectivity index (χ0n) is 46.5. The minimum atomic E-state index is -5.16. The highest BCUT2D eigenvalue weighted by Crippen LogP contribution is 2.47. The Morgan fingerprint density at radius 3 is 1.45 bits per heavy atom. The second-order valence-corrected chi connectivity index (χ2v) is 25.4. The van der Waals surface area contributed by atoms with Crippen LogP contribution in [0.25, 0.3) is 43.1 Å². The number of aliphatic hydroxyl groups excluding tert-OH is 1.